The Morgan fingerprint density at radius 2 is 1.95 bits per heavy atom. The van der Waals surface area contributed by atoms with E-state index in [2.05, 4.69) is 40.0 Å². The average Bonchev–Trinajstić information content (AvgIpc) is 2.48. The van der Waals surface area contributed by atoms with Crippen molar-refractivity contribution >= 4 is 15.9 Å². The molecule has 1 fully saturated rings. The molecule has 21 heavy (non-hydrogen) atoms. The fourth-order valence-electron chi connectivity index (χ4n) is 2.92. The highest BCUT2D eigenvalue weighted by atomic mass is 79.9. The van der Waals surface area contributed by atoms with Crippen molar-refractivity contribution in [3.05, 3.63) is 34.1 Å². The summed E-state index contributed by atoms with van der Waals surface area (Å²) in [6.07, 6.45) is 4.08. The van der Waals surface area contributed by atoms with E-state index in [-0.39, 0.29) is 11.9 Å². The Labute approximate surface area is 136 Å². The van der Waals surface area contributed by atoms with Gasteiger partial charge in [0, 0.05) is 12.6 Å². The number of likely N-dealkylation sites (tertiary alicyclic amines) is 1. The second-order valence-corrected chi connectivity index (χ2v) is 7.12. The standard InChI is InChI=1S/C17H26BrFN2/c1-13(12-21-8-4-3-5-9-21)11-20-14(2)15-6-7-17(19)16(18)10-15/h6-7,10,13-14,20H,3-5,8-9,11-12H2,1-2H3. The summed E-state index contributed by atoms with van der Waals surface area (Å²) in [6.45, 7) is 9.11. The van der Waals surface area contributed by atoms with E-state index < -0.39 is 0 Å². The van der Waals surface area contributed by atoms with E-state index in [1.807, 2.05) is 12.1 Å². The van der Waals surface area contributed by atoms with E-state index in [1.165, 1.54) is 45.0 Å². The molecule has 2 atom stereocenters. The summed E-state index contributed by atoms with van der Waals surface area (Å²) in [6, 6.07) is 5.48. The predicted octanol–water partition coefficient (Wildman–Crippen LogP) is 4.36. The molecular weight excluding hydrogens is 331 g/mol. The second kappa shape index (κ2) is 8.25. The number of nitrogens with one attached hydrogen (secondary N) is 1. The summed E-state index contributed by atoms with van der Waals surface area (Å²) in [5.41, 5.74) is 1.12. The van der Waals surface area contributed by atoms with Crippen molar-refractivity contribution in [2.45, 2.75) is 39.2 Å². The van der Waals surface area contributed by atoms with Crippen molar-refractivity contribution < 1.29 is 4.39 Å². The van der Waals surface area contributed by atoms with Crippen molar-refractivity contribution in [1.29, 1.82) is 0 Å². The Morgan fingerprint density at radius 3 is 2.62 bits per heavy atom. The van der Waals surface area contributed by atoms with E-state index in [4.69, 9.17) is 0 Å². The molecule has 1 heterocycles. The molecule has 1 aliphatic rings. The van der Waals surface area contributed by atoms with Gasteiger partial charge in [0.05, 0.1) is 4.47 Å². The largest absolute Gasteiger partial charge is 0.310 e. The van der Waals surface area contributed by atoms with Crippen molar-refractivity contribution in [2.24, 2.45) is 5.92 Å². The Hall–Kier alpha value is -0.450. The SMILES string of the molecule is CC(CNC(C)c1ccc(F)c(Br)c1)CN1CCCCC1. The lowest BCUT2D eigenvalue weighted by Gasteiger charge is -2.29. The first-order valence-corrected chi connectivity index (χ1v) is 8.76. The summed E-state index contributed by atoms with van der Waals surface area (Å²) >= 11 is 3.25. The van der Waals surface area contributed by atoms with Gasteiger partial charge in [0.2, 0.25) is 0 Å². The Balaban J connectivity index is 1.77. The fraction of sp³-hybridized carbons (Fsp3) is 0.647. The summed E-state index contributed by atoms with van der Waals surface area (Å²) in [5.74, 6) is 0.429. The summed E-state index contributed by atoms with van der Waals surface area (Å²) in [4.78, 5) is 2.58. The lowest BCUT2D eigenvalue weighted by atomic mass is 10.1. The van der Waals surface area contributed by atoms with Crippen LogP contribution in [0, 0.1) is 11.7 Å². The zero-order chi connectivity index (χ0) is 15.2. The monoisotopic (exact) mass is 356 g/mol. The zero-order valence-corrected chi connectivity index (χ0v) is 14.6. The van der Waals surface area contributed by atoms with Crippen LogP contribution in [0.4, 0.5) is 4.39 Å². The van der Waals surface area contributed by atoms with E-state index in [9.17, 15) is 4.39 Å². The lowest BCUT2D eigenvalue weighted by Crippen LogP contribution is -2.37. The molecule has 1 aromatic carbocycles. The lowest BCUT2D eigenvalue weighted by molar-refractivity contribution is 0.197. The molecule has 2 rings (SSSR count). The minimum atomic E-state index is -0.204. The highest BCUT2D eigenvalue weighted by Gasteiger charge is 2.14. The number of hydrogen-bond donors (Lipinski definition) is 1. The molecule has 0 aliphatic carbocycles. The predicted molar refractivity (Wildman–Crippen MR) is 90.0 cm³/mol. The molecule has 1 saturated heterocycles. The van der Waals surface area contributed by atoms with E-state index in [0.29, 0.717) is 10.4 Å². The molecule has 4 heteroatoms. The summed E-state index contributed by atoms with van der Waals surface area (Å²) < 4.78 is 13.8. The minimum absolute atomic E-state index is 0.204. The Morgan fingerprint density at radius 1 is 1.24 bits per heavy atom. The Kier molecular flexibility index (Phi) is 6.65. The molecule has 1 aromatic rings. The average molecular weight is 357 g/mol. The van der Waals surface area contributed by atoms with Crippen LogP contribution in [0.3, 0.4) is 0 Å². The molecule has 1 aliphatic heterocycles. The molecule has 2 unspecified atom stereocenters. The number of halogens is 2. The van der Waals surface area contributed by atoms with Crippen molar-refractivity contribution in [3.63, 3.8) is 0 Å². The molecule has 1 N–H and O–H groups in total. The normalized spacial score (nSPS) is 19.4. The smallest absolute Gasteiger partial charge is 0.137 e. The van der Waals surface area contributed by atoms with Crippen LogP contribution in [0.2, 0.25) is 0 Å². The third-order valence-electron chi connectivity index (χ3n) is 4.23. The second-order valence-electron chi connectivity index (χ2n) is 6.27. The number of nitrogens with zero attached hydrogens (tertiary/aromatic N) is 1. The third kappa shape index (κ3) is 5.35. The quantitative estimate of drug-likeness (QED) is 0.814. The molecule has 0 radical (unpaired) electrons. The summed E-state index contributed by atoms with van der Waals surface area (Å²) in [5, 5.41) is 3.56. The van der Waals surface area contributed by atoms with Crippen molar-refractivity contribution in [3.8, 4) is 0 Å². The molecule has 0 saturated carbocycles. The van der Waals surface area contributed by atoms with Crippen molar-refractivity contribution in [1.82, 2.24) is 10.2 Å². The maximum atomic E-state index is 13.3. The molecule has 2 nitrogen and oxygen atoms in total. The molecule has 0 amide bonds. The van der Waals surface area contributed by atoms with Crippen LogP contribution in [0.15, 0.2) is 22.7 Å². The van der Waals surface area contributed by atoms with Crippen LogP contribution in [0.25, 0.3) is 0 Å². The molecule has 0 spiro atoms. The van der Waals surface area contributed by atoms with Gasteiger partial charge in [-0.2, -0.15) is 0 Å². The van der Waals surface area contributed by atoms with E-state index in [1.54, 1.807) is 0 Å². The number of hydrogen-bond acceptors (Lipinski definition) is 2. The van der Waals surface area contributed by atoms with Crippen LogP contribution in [0.5, 0.6) is 0 Å². The number of benzene rings is 1. The molecule has 0 bridgehead atoms. The first kappa shape index (κ1) is 16.9. The minimum Gasteiger partial charge on any atom is -0.310 e. The maximum Gasteiger partial charge on any atom is 0.137 e. The summed E-state index contributed by atoms with van der Waals surface area (Å²) in [7, 11) is 0. The van der Waals surface area contributed by atoms with Crippen LogP contribution in [-0.2, 0) is 0 Å². The van der Waals surface area contributed by atoms with Gasteiger partial charge in [0.15, 0.2) is 0 Å². The third-order valence-corrected chi connectivity index (χ3v) is 4.84. The van der Waals surface area contributed by atoms with Gasteiger partial charge in [0.1, 0.15) is 5.82 Å². The van der Waals surface area contributed by atoms with E-state index >= 15 is 0 Å². The van der Waals surface area contributed by atoms with Crippen LogP contribution < -0.4 is 5.32 Å². The highest BCUT2D eigenvalue weighted by Crippen LogP contribution is 2.21. The molecular formula is C17H26BrFN2. The van der Waals surface area contributed by atoms with Gasteiger partial charge in [-0.1, -0.05) is 19.4 Å². The van der Waals surface area contributed by atoms with Crippen molar-refractivity contribution in [2.75, 3.05) is 26.2 Å². The van der Waals surface area contributed by atoms with Gasteiger partial charge >= 0.3 is 0 Å². The van der Waals surface area contributed by atoms with Gasteiger partial charge in [-0.3, -0.25) is 0 Å². The van der Waals surface area contributed by atoms with Crippen LogP contribution >= 0.6 is 15.9 Å². The van der Waals surface area contributed by atoms with Crippen LogP contribution in [-0.4, -0.2) is 31.1 Å². The molecule has 0 aromatic heterocycles. The topological polar surface area (TPSA) is 15.3 Å². The maximum absolute atomic E-state index is 13.3. The van der Waals surface area contributed by atoms with Gasteiger partial charge in [0.25, 0.3) is 0 Å². The number of piperidine rings is 1. The van der Waals surface area contributed by atoms with E-state index in [0.717, 1.165) is 12.1 Å². The van der Waals surface area contributed by atoms with Gasteiger partial charge < -0.3 is 10.2 Å². The van der Waals surface area contributed by atoms with Gasteiger partial charge in [-0.05, 0) is 78.9 Å². The van der Waals surface area contributed by atoms with Gasteiger partial charge in [-0.15, -0.1) is 0 Å². The first-order valence-electron chi connectivity index (χ1n) is 7.97. The van der Waals surface area contributed by atoms with Gasteiger partial charge in [-0.25, -0.2) is 4.39 Å². The Bertz CT molecular complexity index is 446. The fourth-order valence-corrected chi connectivity index (χ4v) is 3.32. The zero-order valence-electron chi connectivity index (χ0n) is 13.0. The first-order chi connectivity index (χ1) is 10.1. The number of rotatable bonds is 6. The molecule has 118 valence electrons. The highest BCUT2D eigenvalue weighted by molar-refractivity contribution is 9.10. The van der Waals surface area contributed by atoms with Crippen LogP contribution in [0.1, 0.15) is 44.7 Å².